The lowest BCUT2D eigenvalue weighted by atomic mass is 10.0. The van der Waals surface area contributed by atoms with Gasteiger partial charge in [0, 0.05) is 6.54 Å². The standard InChI is InChI=1S/C7H17NO5.C6H12O6/c1-8-2-4(10)6(12)7(13)5(11)3-9;7-1-3(9)5(11)6(12)4(10)2-8/h4-13H,2-3H2,1H3;1,3-6,8-12H,2H2/t4-,5+,6+,7+;3-,4+,5+,6+/m00/s1. The Morgan fingerprint density at radius 2 is 1.08 bits per heavy atom. The fourth-order valence-electron chi connectivity index (χ4n) is 1.51. The van der Waals surface area contributed by atoms with Crippen molar-refractivity contribution >= 4 is 6.29 Å². The van der Waals surface area contributed by atoms with Gasteiger partial charge in [-0.3, -0.25) is 0 Å². The van der Waals surface area contributed by atoms with E-state index in [4.69, 9.17) is 46.0 Å². The number of aliphatic hydroxyl groups is 10. The molecule has 0 saturated carbocycles. The zero-order valence-electron chi connectivity index (χ0n) is 13.7. The summed E-state index contributed by atoms with van der Waals surface area (Å²) in [6.07, 6.45) is -12.5. The minimum atomic E-state index is -1.79. The van der Waals surface area contributed by atoms with Gasteiger partial charge in [0.25, 0.3) is 0 Å². The average Bonchev–Trinajstić information content (AvgIpc) is 2.63. The van der Waals surface area contributed by atoms with E-state index in [1.165, 1.54) is 0 Å². The molecule has 12 heteroatoms. The Bertz CT molecular complexity index is 335. The molecule has 0 heterocycles. The summed E-state index contributed by atoms with van der Waals surface area (Å²) >= 11 is 0. The van der Waals surface area contributed by atoms with E-state index < -0.39 is 62.0 Å². The predicted octanol–water partition coefficient (Wildman–Crippen LogP) is -6.74. The van der Waals surface area contributed by atoms with Crippen LogP contribution >= 0.6 is 0 Å². The number of aliphatic hydroxyl groups excluding tert-OH is 10. The first-order chi connectivity index (χ1) is 11.6. The number of carbonyl (C=O) groups excluding carboxylic acids is 1. The molecule has 0 radical (unpaired) electrons. The monoisotopic (exact) mass is 375 g/mol. The highest BCUT2D eigenvalue weighted by molar-refractivity contribution is 5.56. The Morgan fingerprint density at radius 3 is 1.40 bits per heavy atom. The van der Waals surface area contributed by atoms with Crippen molar-refractivity contribution in [2.75, 3.05) is 26.8 Å². The molecule has 0 aliphatic carbocycles. The summed E-state index contributed by atoms with van der Waals surface area (Å²) in [5, 5.41) is 91.0. The van der Waals surface area contributed by atoms with Crippen molar-refractivity contribution in [1.82, 2.24) is 5.32 Å². The summed E-state index contributed by atoms with van der Waals surface area (Å²) in [6.45, 7) is -1.33. The molecule has 0 saturated heterocycles. The number of nitrogens with one attached hydrogen (secondary N) is 1. The van der Waals surface area contributed by atoms with E-state index in [9.17, 15) is 9.90 Å². The maximum atomic E-state index is 9.90. The number of rotatable bonds is 11. The molecule has 152 valence electrons. The smallest absolute Gasteiger partial charge is 0.151 e. The number of carbonyl (C=O) groups is 1. The third-order valence-corrected chi connectivity index (χ3v) is 3.16. The molecule has 0 unspecified atom stereocenters. The molecular weight excluding hydrogens is 346 g/mol. The molecule has 12 nitrogen and oxygen atoms in total. The van der Waals surface area contributed by atoms with Crippen LogP contribution in [0.2, 0.25) is 0 Å². The van der Waals surface area contributed by atoms with E-state index in [1.807, 2.05) is 0 Å². The van der Waals surface area contributed by atoms with Gasteiger partial charge in [-0.05, 0) is 7.05 Å². The molecule has 0 amide bonds. The van der Waals surface area contributed by atoms with Gasteiger partial charge in [-0.1, -0.05) is 0 Å². The summed E-state index contributed by atoms with van der Waals surface area (Å²) < 4.78 is 0. The first kappa shape index (κ1) is 26.5. The first-order valence-corrected chi connectivity index (χ1v) is 7.35. The fraction of sp³-hybridized carbons (Fsp3) is 0.923. The van der Waals surface area contributed by atoms with Crippen molar-refractivity contribution in [1.29, 1.82) is 0 Å². The van der Waals surface area contributed by atoms with Crippen molar-refractivity contribution in [2.24, 2.45) is 0 Å². The quantitative estimate of drug-likeness (QED) is 0.151. The Morgan fingerprint density at radius 1 is 0.720 bits per heavy atom. The molecule has 8 atom stereocenters. The van der Waals surface area contributed by atoms with Crippen molar-refractivity contribution in [3.8, 4) is 0 Å². The normalized spacial score (nSPS) is 20.9. The SMILES string of the molecule is CNC[C@H](O)[C@@H](O)[C@H](O)[C@H](O)CO.O=C[C@H](O)[C@@H](O)[C@H](O)[C@H](O)CO. The molecule has 0 rings (SSSR count). The Hall–Kier alpha value is -0.770. The van der Waals surface area contributed by atoms with Crippen LogP contribution in [0.25, 0.3) is 0 Å². The zero-order valence-corrected chi connectivity index (χ0v) is 13.7. The van der Waals surface area contributed by atoms with Crippen LogP contribution in [0, 0.1) is 0 Å². The van der Waals surface area contributed by atoms with Gasteiger partial charge in [-0.25, -0.2) is 0 Å². The van der Waals surface area contributed by atoms with E-state index in [1.54, 1.807) is 7.05 Å². The third-order valence-electron chi connectivity index (χ3n) is 3.16. The maximum absolute atomic E-state index is 9.90. The van der Waals surface area contributed by atoms with Crippen LogP contribution in [0.1, 0.15) is 0 Å². The topological polar surface area (TPSA) is 231 Å². The van der Waals surface area contributed by atoms with Crippen LogP contribution in [-0.2, 0) is 4.79 Å². The van der Waals surface area contributed by atoms with E-state index in [0.717, 1.165) is 0 Å². The Labute approximate surface area is 144 Å². The Balaban J connectivity index is 0. The summed E-state index contributed by atoms with van der Waals surface area (Å²) in [7, 11) is 1.57. The van der Waals surface area contributed by atoms with Gasteiger partial charge in [-0.2, -0.15) is 0 Å². The third kappa shape index (κ3) is 10.1. The van der Waals surface area contributed by atoms with Crippen molar-refractivity contribution in [3.63, 3.8) is 0 Å². The minimum Gasteiger partial charge on any atom is -0.394 e. The molecule has 0 fully saturated rings. The van der Waals surface area contributed by atoms with E-state index in [2.05, 4.69) is 5.32 Å². The van der Waals surface area contributed by atoms with Gasteiger partial charge in [0.2, 0.25) is 0 Å². The molecule has 0 aromatic heterocycles. The second-order valence-corrected chi connectivity index (χ2v) is 5.21. The highest BCUT2D eigenvalue weighted by atomic mass is 16.4. The molecule has 0 aliphatic rings. The first-order valence-electron chi connectivity index (χ1n) is 7.35. The van der Waals surface area contributed by atoms with E-state index in [-0.39, 0.29) is 12.8 Å². The fourth-order valence-corrected chi connectivity index (χ4v) is 1.51. The molecule has 0 aromatic rings. The van der Waals surface area contributed by atoms with Gasteiger partial charge in [0.1, 0.15) is 42.7 Å². The lowest BCUT2D eigenvalue weighted by Crippen LogP contribution is -2.48. The molecule has 0 aliphatic heterocycles. The molecular formula is C13H29NO11. The van der Waals surface area contributed by atoms with E-state index in [0.29, 0.717) is 0 Å². The lowest BCUT2D eigenvalue weighted by Gasteiger charge is -2.25. The number of likely N-dealkylation sites (N-methyl/N-ethyl adjacent to an activating group) is 1. The molecule has 0 aromatic carbocycles. The second-order valence-electron chi connectivity index (χ2n) is 5.21. The van der Waals surface area contributed by atoms with Gasteiger partial charge >= 0.3 is 0 Å². The highest BCUT2D eigenvalue weighted by Gasteiger charge is 2.30. The summed E-state index contributed by atoms with van der Waals surface area (Å²) in [4.78, 5) is 9.90. The second kappa shape index (κ2) is 14.4. The molecule has 0 spiro atoms. The highest BCUT2D eigenvalue weighted by Crippen LogP contribution is 2.04. The van der Waals surface area contributed by atoms with Crippen molar-refractivity contribution in [3.05, 3.63) is 0 Å². The summed E-state index contributed by atoms with van der Waals surface area (Å²) in [5.41, 5.74) is 0. The predicted molar refractivity (Wildman–Crippen MR) is 82.2 cm³/mol. The van der Waals surface area contributed by atoms with Crippen LogP contribution in [0.5, 0.6) is 0 Å². The van der Waals surface area contributed by atoms with Crippen LogP contribution < -0.4 is 5.32 Å². The minimum absolute atomic E-state index is 0.0258. The van der Waals surface area contributed by atoms with Gasteiger partial charge in [-0.15, -0.1) is 0 Å². The average molecular weight is 375 g/mol. The van der Waals surface area contributed by atoms with Crippen LogP contribution in [-0.4, -0.2) is 133 Å². The van der Waals surface area contributed by atoms with Gasteiger partial charge in [0.05, 0.1) is 19.3 Å². The van der Waals surface area contributed by atoms with Crippen molar-refractivity contribution in [2.45, 2.75) is 48.8 Å². The summed E-state index contributed by atoms with van der Waals surface area (Å²) in [6, 6.07) is 0. The van der Waals surface area contributed by atoms with E-state index >= 15 is 0 Å². The van der Waals surface area contributed by atoms with Gasteiger partial charge < -0.3 is 61.2 Å². The molecule has 0 bridgehead atoms. The van der Waals surface area contributed by atoms with Crippen LogP contribution in [0.3, 0.4) is 0 Å². The lowest BCUT2D eigenvalue weighted by molar-refractivity contribution is -0.136. The maximum Gasteiger partial charge on any atom is 0.151 e. The summed E-state index contributed by atoms with van der Waals surface area (Å²) in [5.74, 6) is 0. The van der Waals surface area contributed by atoms with Crippen LogP contribution in [0.4, 0.5) is 0 Å². The largest absolute Gasteiger partial charge is 0.394 e. The van der Waals surface area contributed by atoms with Gasteiger partial charge in [0.15, 0.2) is 6.29 Å². The zero-order chi connectivity index (χ0) is 20.2. The molecule has 11 N–H and O–H groups in total. The number of aldehydes is 1. The van der Waals surface area contributed by atoms with Crippen LogP contribution in [0.15, 0.2) is 0 Å². The number of hydrogen-bond acceptors (Lipinski definition) is 12. The molecule has 25 heavy (non-hydrogen) atoms. The van der Waals surface area contributed by atoms with Crippen molar-refractivity contribution < 1.29 is 55.9 Å². The number of hydrogen-bond donors (Lipinski definition) is 11. The Kier molecular flexibility index (Phi) is 15.2.